The first kappa shape index (κ1) is 23.7. The van der Waals surface area contributed by atoms with Crippen molar-refractivity contribution < 1.29 is 14.3 Å². The number of piperazine rings is 1. The molecule has 3 amide bonds. The van der Waals surface area contributed by atoms with Crippen LogP contribution in [0.3, 0.4) is 0 Å². The molecule has 2 aromatic rings. The van der Waals surface area contributed by atoms with E-state index in [1.54, 1.807) is 7.11 Å². The number of benzene rings is 2. The summed E-state index contributed by atoms with van der Waals surface area (Å²) in [7, 11) is 1.64. The quantitative estimate of drug-likeness (QED) is 0.676. The Balaban J connectivity index is 0.00000320. The summed E-state index contributed by atoms with van der Waals surface area (Å²) in [5.74, 6) is 0.453. The summed E-state index contributed by atoms with van der Waals surface area (Å²) in [5.41, 5.74) is 3.78. The Bertz CT molecular complexity index is 890. The minimum atomic E-state index is -0.521. The third-order valence-corrected chi connectivity index (χ3v) is 5.30. The maximum absolute atomic E-state index is 12.5. The van der Waals surface area contributed by atoms with Gasteiger partial charge in [0.25, 0.3) is 0 Å². The van der Waals surface area contributed by atoms with Crippen LogP contribution in [-0.4, -0.2) is 50.1 Å². The van der Waals surface area contributed by atoms with Gasteiger partial charge < -0.3 is 15.4 Å². The van der Waals surface area contributed by atoms with Gasteiger partial charge in [0.05, 0.1) is 19.7 Å². The normalized spacial score (nSPS) is 16.3. The number of rotatable bonds is 5. The summed E-state index contributed by atoms with van der Waals surface area (Å²) >= 11 is 0. The maximum Gasteiger partial charge on any atom is 0.325 e. The zero-order valence-corrected chi connectivity index (χ0v) is 18.3. The van der Waals surface area contributed by atoms with E-state index in [2.05, 4.69) is 20.9 Å². The molecular weight excluding hydrogens is 404 g/mol. The Morgan fingerprint density at radius 2 is 1.93 bits per heavy atom. The number of carbonyl (C=O) groups excluding carboxylic acids is 2. The summed E-state index contributed by atoms with van der Waals surface area (Å²) in [6.07, 6.45) is 0. The monoisotopic (exact) mass is 432 g/mol. The largest absolute Gasteiger partial charge is 0.496 e. The molecule has 162 valence electrons. The third-order valence-electron chi connectivity index (χ3n) is 5.30. The molecule has 1 aliphatic rings. The number of hydrogen-bond donors (Lipinski definition) is 3. The number of aryl methyl sites for hydroxylation is 1. The van der Waals surface area contributed by atoms with Crippen LogP contribution in [0.2, 0.25) is 0 Å². The fourth-order valence-electron chi connectivity index (χ4n) is 3.57. The van der Waals surface area contributed by atoms with Crippen molar-refractivity contribution in [2.45, 2.75) is 19.9 Å². The van der Waals surface area contributed by atoms with Crippen LogP contribution in [0.4, 0.5) is 10.5 Å². The van der Waals surface area contributed by atoms with Crippen LogP contribution in [0.15, 0.2) is 42.5 Å². The number of nitrogens with one attached hydrogen (secondary N) is 3. The fraction of sp³-hybridized carbons (Fsp3) is 0.364. The number of methoxy groups -OCH3 is 1. The van der Waals surface area contributed by atoms with Crippen molar-refractivity contribution in [3.05, 3.63) is 59.2 Å². The molecule has 8 heteroatoms. The number of carbonyl (C=O) groups is 2. The average Bonchev–Trinajstić information content (AvgIpc) is 2.71. The lowest BCUT2D eigenvalue weighted by atomic mass is 10.0. The highest BCUT2D eigenvalue weighted by atomic mass is 35.5. The Morgan fingerprint density at radius 1 is 1.17 bits per heavy atom. The Hall–Kier alpha value is -2.61. The number of imide groups is 1. The number of halogens is 1. The second-order valence-corrected chi connectivity index (χ2v) is 7.18. The third kappa shape index (κ3) is 5.72. The summed E-state index contributed by atoms with van der Waals surface area (Å²) in [6, 6.07) is 13.0. The van der Waals surface area contributed by atoms with E-state index in [9.17, 15) is 9.59 Å². The number of amides is 3. The van der Waals surface area contributed by atoms with Crippen LogP contribution in [0.5, 0.6) is 5.75 Å². The van der Waals surface area contributed by atoms with Gasteiger partial charge in [0.2, 0.25) is 5.91 Å². The van der Waals surface area contributed by atoms with Crippen LogP contribution < -0.4 is 20.7 Å². The van der Waals surface area contributed by atoms with Gasteiger partial charge in [-0.15, -0.1) is 12.4 Å². The summed E-state index contributed by atoms with van der Waals surface area (Å²) in [4.78, 5) is 26.9. The highest BCUT2D eigenvalue weighted by Gasteiger charge is 2.28. The van der Waals surface area contributed by atoms with Crippen molar-refractivity contribution in [3.63, 3.8) is 0 Å². The molecule has 3 rings (SSSR count). The van der Waals surface area contributed by atoms with E-state index in [1.165, 1.54) is 0 Å². The molecule has 1 saturated heterocycles. The highest BCUT2D eigenvalue weighted by molar-refractivity contribution is 6.02. The van der Waals surface area contributed by atoms with Gasteiger partial charge in [0.1, 0.15) is 5.75 Å². The number of nitrogens with zero attached hydrogens (tertiary/aromatic N) is 1. The maximum atomic E-state index is 12.5. The lowest BCUT2D eigenvalue weighted by Gasteiger charge is -2.36. The van der Waals surface area contributed by atoms with Gasteiger partial charge in [-0.3, -0.25) is 15.0 Å². The number of hydrogen-bond acceptors (Lipinski definition) is 5. The molecule has 1 fully saturated rings. The van der Waals surface area contributed by atoms with Crippen LogP contribution >= 0.6 is 12.4 Å². The lowest BCUT2D eigenvalue weighted by Crippen LogP contribution is -2.50. The van der Waals surface area contributed by atoms with E-state index in [-0.39, 0.29) is 30.9 Å². The number of ether oxygens (including phenoxy) is 1. The second-order valence-electron chi connectivity index (χ2n) is 7.18. The Morgan fingerprint density at radius 3 is 2.70 bits per heavy atom. The van der Waals surface area contributed by atoms with Gasteiger partial charge in [0, 0.05) is 30.9 Å². The van der Waals surface area contributed by atoms with Gasteiger partial charge in [-0.1, -0.05) is 30.3 Å². The molecule has 7 nitrogen and oxygen atoms in total. The van der Waals surface area contributed by atoms with Crippen molar-refractivity contribution in [2.24, 2.45) is 0 Å². The molecule has 0 aromatic heterocycles. The first-order valence-electron chi connectivity index (χ1n) is 9.74. The minimum absolute atomic E-state index is 0. The van der Waals surface area contributed by atoms with Crippen LogP contribution in [0.25, 0.3) is 0 Å². The van der Waals surface area contributed by atoms with Crippen molar-refractivity contribution in [2.75, 3.05) is 38.6 Å². The van der Waals surface area contributed by atoms with Gasteiger partial charge in [-0.2, -0.15) is 0 Å². The van der Waals surface area contributed by atoms with Crippen LogP contribution in [0.1, 0.15) is 22.7 Å². The standard InChI is InChI=1S/C22H28N4O3.ClH/c1-15-7-6-9-18(16(15)2)24-22(28)25-21(27)14-26-12-11-23-13-19(26)17-8-4-5-10-20(17)29-3;/h4-10,19,23H,11-14H2,1-3H3,(H2,24,25,27,28);1H. The van der Waals surface area contributed by atoms with Crippen molar-refractivity contribution in [3.8, 4) is 5.75 Å². The van der Waals surface area contributed by atoms with Gasteiger partial charge in [-0.05, 0) is 37.1 Å². The Kier molecular flexibility index (Phi) is 8.65. The molecule has 1 heterocycles. The van der Waals surface area contributed by atoms with Gasteiger partial charge >= 0.3 is 6.03 Å². The topological polar surface area (TPSA) is 82.7 Å². The van der Waals surface area contributed by atoms with Crippen LogP contribution in [0, 0.1) is 13.8 Å². The van der Waals surface area contributed by atoms with Crippen molar-refractivity contribution >= 4 is 30.0 Å². The Labute approximate surface area is 183 Å². The molecule has 0 bridgehead atoms. The predicted molar refractivity (Wildman–Crippen MR) is 121 cm³/mol. The zero-order valence-electron chi connectivity index (χ0n) is 17.5. The highest BCUT2D eigenvalue weighted by Crippen LogP contribution is 2.29. The number of anilines is 1. The van der Waals surface area contributed by atoms with E-state index in [1.807, 2.05) is 56.3 Å². The predicted octanol–water partition coefficient (Wildman–Crippen LogP) is 3.03. The molecule has 1 unspecified atom stereocenters. The molecule has 1 atom stereocenters. The van der Waals surface area contributed by atoms with E-state index in [0.29, 0.717) is 18.8 Å². The van der Waals surface area contributed by atoms with E-state index >= 15 is 0 Å². The van der Waals surface area contributed by atoms with E-state index in [4.69, 9.17) is 4.74 Å². The fourth-order valence-corrected chi connectivity index (χ4v) is 3.57. The molecular formula is C22H29ClN4O3. The SMILES string of the molecule is COc1ccccc1C1CNCCN1CC(=O)NC(=O)Nc1cccc(C)c1C.Cl. The minimum Gasteiger partial charge on any atom is -0.496 e. The molecule has 0 spiro atoms. The van der Waals surface area contributed by atoms with E-state index in [0.717, 1.165) is 29.0 Å². The molecule has 0 radical (unpaired) electrons. The molecule has 30 heavy (non-hydrogen) atoms. The van der Waals surface area contributed by atoms with Gasteiger partial charge in [-0.25, -0.2) is 4.79 Å². The lowest BCUT2D eigenvalue weighted by molar-refractivity contribution is -0.121. The zero-order chi connectivity index (χ0) is 20.8. The smallest absolute Gasteiger partial charge is 0.325 e. The first-order valence-corrected chi connectivity index (χ1v) is 9.74. The first-order chi connectivity index (χ1) is 14.0. The number of urea groups is 1. The summed E-state index contributed by atoms with van der Waals surface area (Å²) in [6.45, 7) is 6.24. The van der Waals surface area contributed by atoms with Crippen molar-refractivity contribution in [1.29, 1.82) is 0 Å². The molecule has 0 saturated carbocycles. The van der Waals surface area contributed by atoms with Crippen LogP contribution in [-0.2, 0) is 4.79 Å². The average molecular weight is 433 g/mol. The van der Waals surface area contributed by atoms with E-state index < -0.39 is 6.03 Å². The summed E-state index contributed by atoms with van der Waals surface area (Å²) < 4.78 is 5.48. The molecule has 0 aliphatic carbocycles. The number of para-hydroxylation sites is 1. The van der Waals surface area contributed by atoms with Gasteiger partial charge in [0.15, 0.2) is 0 Å². The molecule has 2 aromatic carbocycles. The molecule has 3 N–H and O–H groups in total. The molecule has 1 aliphatic heterocycles. The van der Waals surface area contributed by atoms with Crippen molar-refractivity contribution in [1.82, 2.24) is 15.5 Å². The summed E-state index contributed by atoms with van der Waals surface area (Å²) in [5, 5.41) is 8.56. The second kappa shape index (κ2) is 11.0.